The molecule has 12 heavy (non-hydrogen) atoms. The Labute approximate surface area is 100 Å². The normalized spacial score (nSPS) is 9.67. The number of rotatable bonds is 0. The summed E-state index contributed by atoms with van der Waals surface area (Å²) in [6.07, 6.45) is 0. The van der Waals surface area contributed by atoms with Gasteiger partial charge >= 0.3 is 39.9 Å². The third-order valence-corrected chi connectivity index (χ3v) is 0. The van der Waals surface area contributed by atoms with E-state index in [0.29, 0.717) is 0 Å². The molecule has 0 saturated carbocycles. The topological polar surface area (TPSA) is 192 Å². The fourth-order valence-corrected chi connectivity index (χ4v) is 0. The molecule has 2 N–H and O–H groups in total. The molecule has 0 radical (unpaired) electrons. The zero-order valence-corrected chi connectivity index (χ0v) is 10.8. The summed E-state index contributed by atoms with van der Waals surface area (Å²) in [5.74, 6) is 0. The van der Waals surface area contributed by atoms with E-state index in [0.717, 1.165) is 0 Å². The Hall–Kier alpha value is 1.02. The molecule has 0 atom stereocenters. The average molecular weight is 442 g/mol. The first kappa shape index (κ1) is 23.1. The Bertz CT molecular complexity index is 209. The molecule has 0 aromatic carbocycles. The van der Waals surface area contributed by atoms with E-state index in [2.05, 4.69) is 0 Å². The molecule has 0 spiro atoms. The molecule has 0 fully saturated rings. The second-order valence-corrected chi connectivity index (χ2v) is 2.45. The van der Waals surface area contributed by atoms with Crippen LogP contribution in [0.1, 0.15) is 0 Å². The van der Waals surface area contributed by atoms with Gasteiger partial charge < -0.3 is 23.7 Å². The van der Waals surface area contributed by atoms with Crippen molar-refractivity contribution in [3.05, 3.63) is 0 Å². The van der Waals surface area contributed by atoms with Crippen molar-refractivity contribution in [3.63, 3.8) is 0 Å². The molecule has 72 valence electrons. The van der Waals surface area contributed by atoms with E-state index in [1.54, 1.807) is 0 Å². The van der Waals surface area contributed by atoms with E-state index in [9.17, 15) is 0 Å². The van der Waals surface area contributed by atoms with Crippen molar-refractivity contribution >= 4 is 20.8 Å². The summed E-state index contributed by atoms with van der Waals surface area (Å²) >= 11 is 0. The van der Waals surface area contributed by atoms with Crippen LogP contribution in [0.3, 0.4) is 0 Å². The molecule has 0 aromatic heterocycles. The van der Waals surface area contributed by atoms with Crippen LogP contribution < -0.4 is 0 Å². The van der Waals surface area contributed by atoms with Gasteiger partial charge in [-0.1, -0.05) is 0 Å². The Morgan fingerprint density at radius 2 is 0.667 bits per heavy atom. The second kappa shape index (κ2) is 8.62. The largest absolute Gasteiger partial charge is 4.00 e. The summed E-state index contributed by atoms with van der Waals surface area (Å²) in [6, 6.07) is 0. The SMILES string of the molecule is O.O=S(=O)([O-])[O-].O=S(=O)([O-])[O-].[Th+4]. The molecule has 0 aliphatic carbocycles. The van der Waals surface area contributed by atoms with Gasteiger partial charge in [0.15, 0.2) is 0 Å². The van der Waals surface area contributed by atoms with E-state index in [1.165, 1.54) is 0 Å². The van der Waals surface area contributed by atoms with Crippen LogP contribution in [-0.4, -0.2) is 40.5 Å². The van der Waals surface area contributed by atoms with Crippen LogP contribution in [0, 0.1) is 39.9 Å². The van der Waals surface area contributed by atoms with Crippen LogP contribution in [-0.2, 0) is 20.8 Å². The maximum Gasteiger partial charge on any atom is 4.00 e. The molecule has 9 nitrogen and oxygen atoms in total. The Balaban J connectivity index is -0.0000000457. The first-order valence-electron chi connectivity index (χ1n) is 1.33. The average Bonchev–Trinajstić information content (AvgIpc) is 1.12. The number of hydrogen-bond donors (Lipinski definition) is 0. The molecule has 0 heterocycles. The van der Waals surface area contributed by atoms with Gasteiger partial charge in [-0.15, -0.1) is 0 Å². The summed E-state index contributed by atoms with van der Waals surface area (Å²) in [5.41, 5.74) is 0. The van der Waals surface area contributed by atoms with Gasteiger partial charge in [0, 0.05) is 20.8 Å². The van der Waals surface area contributed by atoms with Crippen LogP contribution in [0.5, 0.6) is 0 Å². The molecule has 0 aromatic rings. The molecule has 0 aliphatic rings. The van der Waals surface area contributed by atoms with Crippen LogP contribution in [0.25, 0.3) is 0 Å². The van der Waals surface area contributed by atoms with Crippen molar-refractivity contribution in [3.8, 4) is 0 Å². The van der Waals surface area contributed by atoms with Crippen molar-refractivity contribution < 1.29 is 80.5 Å². The van der Waals surface area contributed by atoms with Gasteiger partial charge in [-0.25, -0.2) is 0 Å². The fraction of sp³-hybridized carbons (Fsp3) is 0. The van der Waals surface area contributed by atoms with E-state index < -0.39 is 20.8 Å². The van der Waals surface area contributed by atoms with Crippen molar-refractivity contribution in [2.45, 2.75) is 0 Å². The standard InChI is InChI=1S/2H2O4S.H2O.Th/c2*1-5(2,3)4;;/h2*(H2,1,2,3,4);1H2;/q;;;+4/p-4. The van der Waals surface area contributed by atoms with E-state index in [4.69, 9.17) is 35.0 Å². The number of hydrogen-bond acceptors (Lipinski definition) is 8. The van der Waals surface area contributed by atoms with Gasteiger partial charge in [-0.05, 0) is 0 Å². The summed E-state index contributed by atoms with van der Waals surface area (Å²) in [5, 5.41) is 0. The first-order chi connectivity index (χ1) is 4.00. The molecule has 12 heteroatoms. The minimum absolute atomic E-state index is 0. The van der Waals surface area contributed by atoms with E-state index in [-0.39, 0.29) is 45.4 Å². The third-order valence-electron chi connectivity index (χ3n) is 0. The smallest absolute Gasteiger partial charge is 0.759 e. The summed E-state index contributed by atoms with van der Waals surface area (Å²) in [7, 11) is -10.3. The molecular formula is H2O9S2Th. The minimum atomic E-state index is -5.17. The predicted molar refractivity (Wildman–Crippen MR) is 24.6 cm³/mol. The van der Waals surface area contributed by atoms with Gasteiger partial charge in [0.2, 0.25) is 0 Å². The Morgan fingerprint density at radius 1 is 0.667 bits per heavy atom. The van der Waals surface area contributed by atoms with E-state index in [1.807, 2.05) is 0 Å². The Kier molecular flexibility index (Phi) is 16.6. The second-order valence-electron chi connectivity index (χ2n) is 0.816. The molecule has 0 amide bonds. The minimum Gasteiger partial charge on any atom is -0.759 e. The zero-order valence-electron chi connectivity index (χ0n) is 5.08. The van der Waals surface area contributed by atoms with Crippen LogP contribution in [0.15, 0.2) is 0 Å². The van der Waals surface area contributed by atoms with E-state index >= 15 is 0 Å². The molecular weight excluding hydrogens is 440 g/mol. The van der Waals surface area contributed by atoms with Gasteiger partial charge in [0.25, 0.3) is 0 Å². The quantitative estimate of drug-likeness (QED) is 0.272. The molecule has 0 bridgehead atoms. The van der Waals surface area contributed by atoms with Crippen LogP contribution in [0.4, 0.5) is 0 Å². The monoisotopic (exact) mass is 442 g/mol. The maximum atomic E-state index is 8.52. The fourth-order valence-electron chi connectivity index (χ4n) is 0. The first-order valence-corrected chi connectivity index (χ1v) is 4.00. The molecule has 0 saturated heterocycles. The van der Waals surface area contributed by atoms with Crippen molar-refractivity contribution in [2.24, 2.45) is 0 Å². The third kappa shape index (κ3) is 1060. The maximum absolute atomic E-state index is 8.52. The van der Waals surface area contributed by atoms with Gasteiger partial charge in [0.05, 0.1) is 0 Å². The molecule has 0 rings (SSSR count). The predicted octanol–water partition coefficient (Wildman–Crippen LogP) is -3.50. The zero-order chi connectivity index (χ0) is 9.00. The summed E-state index contributed by atoms with van der Waals surface area (Å²) < 4.78 is 68.2. The summed E-state index contributed by atoms with van der Waals surface area (Å²) in [4.78, 5) is 0. The van der Waals surface area contributed by atoms with Gasteiger partial charge in [-0.3, -0.25) is 16.8 Å². The summed E-state index contributed by atoms with van der Waals surface area (Å²) in [6.45, 7) is 0. The Morgan fingerprint density at radius 3 is 0.667 bits per heavy atom. The molecule has 0 unspecified atom stereocenters. The van der Waals surface area contributed by atoms with Crippen LogP contribution in [0.2, 0.25) is 0 Å². The van der Waals surface area contributed by atoms with Crippen molar-refractivity contribution in [1.82, 2.24) is 0 Å². The van der Waals surface area contributed by atoms with Crippen LogP contribution >= 0.6 is 0 Å². The molecule has 0 aliphatic heterocycles. The van der Waals surface area contributed by atoms with Gasteiger partial charge in [-0.2, -0.15) is 0 Å². The van der Waals surface area contributed by atoms with Crippen molar-refractivity contribution in [1.29, 1.82) is 0 Å². The van der Waals surface area contributed by atoms with Crippen molar-refractivity contribution in [2.75, 3.05) is 0 Å². The van der Waals surface area contributed by atoms with Gasteiger partial charge in [0.1, 0.15) is 0 Å².